The molecule has 0 aliphatic carbocycles. The van der Waals surface area contributed by atoms with Crippen molar-refractivity contribution in [2.45, 2.75) is 97.4 Å². The van der Waals surface area contributed by atoms with Crippen LogP contribution in [0.2, 0.25) is 0 Å². The summed E-state index contributed by atoms with van der Waals surface area (Å²) in [5, 5.41) is 40.5. The van der Waals surface area contributed by atoms with Crippen LogP contribution >= 0.6 is 22.9 Å². The van der Waals surface area contributed by atoms with Crippen molar-refractivity contribution in [3.05, 3.63) is 131 Å². The summed E-state index contributed by atoms with van der Waals surface area (Å²) in [6.45, 7) is 11.4. The predicted molar refractivity (Wildman–Crippen MR) is 267 cm³/mol. The summed E-state index contributed by atoms with van der Waals surface area (Å²) in [7, 11) is 0. The van der Waals surface area contributed by atoms with E-state index in [0.717, 1.165) is 100 Å². The number of carbonyl (C=O) groups excluding carboxylic acids is 2. The van der Waals surface area contributed by atoms with Gasteiger partial charge in [0.05, 0.1) is 28.2 Å². The molecule has 11 nitrogen and oxygen atoms in total. The van der Waals surface area contributed by atoms with E-state index in [2.05, 4.69) is 20.9 Å². The molecule has 0 spiro atoms. The van der Waals surface area contributed by atoms with E-state index in [1.54, 1.807) is 40.5 Å². The first-order chi connectivity index (χ1) is 31.8. The second kappa shape index (κ2) is 24.5. The van der Waals surface area contributed by atoms with Crippen molar-refractivity contribution in [2.75, 3.05) is 38.7 Å². The minimum atomic E-state index is -0.748. The summed E-state index contributed by atoms with van der Waals surface area (Å²) < 4.78 is 6.07. The molecule has 1 aliphatic heterocycles. The molecule has 0 radical (unpaired) electrons. The van der Waals surface area contributed by atoms with Crippen LogP contribution < -0.4 is 20.7 Å². The van der Waals surface area contributed by atoms with Gasteiger partial charge in [0.2, 0.25) is 11.8 Å². The molecular formula is C53H66ClN5O6S. The molecule has 1 aliphatic rings. The van der Waals surface area contributed by atoms with Crippen LogP contribution in [0.3, 0.4) is 0 Å². The Labute approximate surface area is 399 Å². The number of hydrogen-bond acceptors (Lipinski definition) is 10. The number of hydrogen-bond donors (Lipinski definition) is 6. The molecule has 1 aromatic heterocycles. The number of nitrogens with one attached hydrogen (secondary N) is 3. The number of ether oxygens (including phenoxy) is 1. The highest BCUT2D eigenvalue weighted by atomic mass is 35.5. The molecule has 5 aromatic rings. The molecule has 2 heterocycles. The third-order valence-corrected chi connectivity index (χ3v) is 13.2. The average molecular weight is 937 g/mol. The van der Waals surface area contributed by atoms with Crippen LogP contribution in [-0.4, -0.2) is 93.9 Å². The van der Waals surface area contributed by atoms with Gasteiger partial charge in [-0.05, 0) is 120 Å². The van der Waals surface area contributed by atoms with Crippen molar-refractivity contribution in [1.29, 1.82) is 0 Å². The smallest absolute Gasteiger partial charge is 0.243 e. The van der Waals surface area contributed by atoms with Crippen LogP contribution in [0, 0.1) is 12.3 Å². The van der Waals surface area contributed by atoms with E-state index in [-0.39, 0.29) is 41.7 Å². The van der Waals surface area contributed by atoms with Gasteiger partial charge in [0.25, 0.3) is 0 Å². The van der Waals surface area contributed by atoms with Crippen LogP contribution in [0.1, 0.15) is 93.7 Å². The summed E-state index contributed by atoms with van der Waals surface area (Å²) in [5.41, 5.74) is 9.45. The number of aliphatic hydroxyl groups excluding tert-OH is 1. The third-order valence-electron chi connectivity index (χ3n) is 12.0. The van der Waals surface area contributed by atoms with Crippen molar-refractivity contribution < 1.29 is 29.6 Å². The summed E-state index contributed by atoms with van der Waals surface area (Å²) >= 11 is 7.90. The van der Waals surface area contributed by atoms with Gasteiger partial charge in [0.1, 0.15) is 29.9 Å². The van der Waals surface area contributed by atoms with Gasteiger partial charge in [-0.15, -0.1) is 22.9 Å². The minimum Gasteiger partial charge on any atom is -0.508 e. The quantitative estimate of drug-likeness (QED) is 0.0214. The van der Waals surface area contributed by atoms with Gasteiger partial charge in [-0.3, -0.25) is 9.59 Å². The number of likely N-dealkylation sites (tertiary alicyclic amines) is 1. The fourth-order valence-electron chi connectivity index (χ4n) is 8.45. The summed E-state index contributed by atoms with van der Waals surface area (Å²) in [4.78, 5) is 34.5. The van der Waals surface area contributed by atoms with Gasteiger partial charge in [-0.1, -0.05) is 101 Å². The first-order valence-corrected chi connectivity index (χ1v) is 24.5. The van der Waals surface area contributed by atoms with E-state index in [4.69, 9.17) is 16.3 Å². The number of alkyl halides is 1. The number of phenolic OH excluding ortho intramolecular Hbond substituents is 2. The van der Waals surface area contributed by atoms with E-state index in [9.17, 15) is 24.9 Å². The number of aryl methyl sites for hydroxylation is 1. The Morgan fingerprint density at radius 3 is 2.05 bits per heavy atom. The van der Waals surface area contributed by atoms with E-state index in [1.807, 2.05) is 106 Å². The zero-order valence-corrected chi connectivity index (χ0v) is 40.3. The molecule has 1 unspecified atom stereocenters. The molecular weight excluding hydrogens is 870 g/mol. The van der Waals surface area contributed by atoms with E-state index >= 15 is 0 Å². The van der Waals surface area contributed by atoms with Crippen LogP contribution in [0.15, 0.2) is 103 Å². The van der Waals surface area contributed by atoms with Gasteiger partial charge in [-0.2, -0.15) is 0 Å². The lowest BCUT2D eigenvalue weighted by molar-refractivity contribution is -0.142. The van der Waals surface area contributed by atoms with Crippen molar-refractivity contribution in [3.8, 4) is 27.7 Å². The van der Waals surface area contributed by atoms with E-state index in [0.29, 0.717) is 32.0 Å². The maximum absolute atomic E-state index is 14.0. The molecule has 3 atom stereocenters. The van der Waals surface area contributed by atoms with E-state index in [1.165, 1.54) is 0 Å². The molecule has 0 bridgehead atoms. The maximum atomic E-state index is 14.0. The van der Waals surface area contributed by atoms with Crippen LogP contribution in [0.5, 0.6) is 17.2 Å². The highest BCUT2D eigenvalue weighted by molar-refractivity contribution is 7.13. The number of aromatic hydroxyl groups is 2. The van der Waals surface area contributed by atoms with E-state index < -0.39 is 18.2 Å². The Bertz CT molecular complexity index is 2330. The van der Waals surface area contributed by atoms with Crippen LogP contribution in [0.4, 0.5) is 0 Å². The summed E-state index contributed by atoms with van der Waals surface area (Å²) in [6.07, 6.45) is 5.32. The van der Waals surface area contributed by atoms with Crippen molar-refractivity contribution in [3.63, 3.8) is 0 Å². The number of β-amino-alcohol motifs (C(OH)–C–C–N with tert-alkyl or cyclic N) is 1. The highest BCUT2D eigenvalue weighted by Crippen LogP contribution is 2.37. The number of halogens is 1. The fraction of sp³-hybridized carbons (Fsp3) is 0.415. The Balaban J connectivity index is 0.883. The van der Waals surface area contributed by atoms with Gasteiger partial charge in [-0.25, -0.2) is 4.98 Å². The number of amides is 2. The monoisotopic (exact) mass is 935 g/mol. The number of carbonyl (C=O) groups is 2. The molecule has 6 rings (SSSR count). The summed E-state index contributed by atoms with van der Waals surface area (Å²) in [6, 6.07) is 29.2. The highest BCUT2D eigenvalue weighted by Gasteiger charge is 2.43. The van der Waals surface area contributed by atoms with Crippen LogP contribution in [0.25, 0.3) is 21.6 Å². The third kappa shape index (κ3) is 14.1. The molecule has 4 aromatic carbocycles. The molecule has 352 valence electrons. The minimum absolute atomic E-state index is 0.142. The van der Waals surface area contributed by atoms with Gasteiger partial charge in [0, 0.05) is 31.9 Å². The predicted octanol–water partition coefficient (Wildman–Crippen LogP) is 9.32. The molecule has 66 heavy (non-hydrogen) atoms. The van der Waals surface area contributed by atoms with Gasteiger partial charge >= 0.3 is 0 Å². The molecule has 0 saturated carbocycles. The molecule has 13 heteroatoms. The number of thiazole rings is 1. The topological polar surface area (TPSA) is 156 Å². The largest absolute Gasteiger partial charge is 0.508 e. The lowest BCUT2D eigenvalue weighted by Gasteiger charge is -2.35. The van der Waals surface area contributed by atoms with Gasteiger partial charge in [0.15, 0.2) is 0 Å². The Morgan fingerprint density at radius 2 is 1.44 bits per heavy atom. The standard InChI is InChI=1S/C53H66ClN5O6S/c1-36-49(66-35-58-36)41-12-10-37(11-13-41)33-57-51(63)47-32-44(62)34-59(47)52(64)50(53(2,3)4)56-29-9-7-5-6-8-28-55-30-31-65-45-24-18-40(19-25-45)48(39-16-22-43(61)23-17-39)46(26-27-54)38-14-20-42(60)21-15-38/h10-25,35,44,47,50,55-56,60-62H,5-9,26-34H2,1-4H3,(H,57,63)/t44-,47+,50?/m1/s1. The number of nitrogens with zero attached hydrogens (tertiary/aromatic N) is 2. The van der Waals surface area contributed by atoms with Crippen LogP contribution in [-0.2, 0) is 16.1 Å². The number of aliphatic hydroxyl groups is 1. The second-order valence-corrected chi connectivity index (χ2v) is 19.3. The normalized spacial score (nSPS) is 15.9. The Hall–Kier alpha value is -5.24. The number of unbranched alkanes of at least 4 members (excludes halogenated alkanes) is 4. The molecule has 1 saturated heterocycles. The second-order valence-electron chi connectivity index (χ2n) is 18.1. The number of phenols is 2. The molecule has 2 amide bonds. The van der Waals surface area contributed by atoms with Crippen molar-refractivity contribution in [2.24, 2.45) is 5.41 Å². The lowest BCUT2D eigenvalue weighted by atomic mass is 9.85. The first-order valence-electron chi connectivity index (χ1n) is 23.1. The number of benzene rings is 4. The molecule has 1 fully saturated rings. The van der Waals surface area contributed by atoms with Crippen molar-refractivity contribution >= 4 is 45.9 Å². The number of aromatic nitrogens is 1. The maximum Gasteiger partial charge on any atom is 0.243 e. The average Bonchev–Trinajstić information content (AvgIpc) is 3.93. The SMILES string of the molecule is Cc1ncsc1-c1ccc(CNC(=O)[C@@H]2C[C@@H](O)CN2C(=O)C(NCCCCCCCNCCOc2ccc(C(=C(CCCl)c3ccc(O)cc3)c3ccc(O)cc3)cc2)C(C)(C)C)cc1. The zero-order valence-electron chi connectivity index (χ0n) is 38.7. The van der Waals surface area contributed by atoms with Gasteiger partial charge < -0.3 is 40.9 Å². The summed E-state index contributed by atoms with van der Waals surface area (Å²) in [5.74, 6) is 1.20. The lowest BCUT2D eigenvalue weighted by Crippen LogP contribution is -2.56. The number of rotatable bonds is 23. The number of allylic oxidation sites excluding steroid dienone is 1. The van der Waals surface area contributed by atoms with Crippen molar-refractivity contribution in [1.82, 2.24) is 25.8 Å². The molecule has 6 N–H and O–H groups in total. The Morgan fingerprint density at radius 1 is 0.833 bits per heavy atom. The fourth-order valence-corrected chi connectivity index (χ4v) is 9.45. The zero-order chi connectivity index (χ0) is 47.1. The first kappa shape index (κ1) is 50.2. The Kier molecular flexibility index (Phi) is 18.6.